The molecule has 0 heterocycles. The highest BCUT2D eigenvalue weighted by atomic mass is 35.5. The Kier molecular flexibility index (Phi) is 9.17. The Balaban J connectivity index is 0.00000361. The van der Waals surface area contributed by atoms with Crippen LogP contribution in [0, 0.1) is 5.82 Å². The van der Waals surface area contributed by atoms with Gasteiger partial charge in [0.05, 0.1) is 6.04 Å². The molecule has 2 N–H and O–H groups in total. The van der Waals surface area contributed by atoms with Crippen molar-refractivity contribution in [1.82, 2.24) is 4.90 Å². The molecule has 1 amide bonds. The summed E-state index contributed by atoms with van der Waals surface area (Å²) < 4.78 is 12.9. The van der Waals surface area contributed by atoms with E-state index < -0.39 is 6.04 Å². The number of amides is 1. The van der Waals surface area contributed by atoms with Gasteiger partial charge in [0.15, 0.2) is 0 Å². The van der Waals surface area contributed by atoms with E-state index in [2.05, 4.69) is 6.92 Å². The second-order valence-electron chi connectivity index (χ2n) is 4.88. The van der Waals surface area contributed by atoms with E-state index in [1.807, 2.05) is 0 Å². The van der Waals surface area contributed by atoms with Crippen LogP contribution in [0.2, 0.25) is 0 Å². The number of nitrogens with zero attached hydrogens (tertiary/aromatic N) is 1. The van der Waals surface area contributed by atoms with Crippen molar-refractivity contribution >= 4 is 18.3 Å². The first kappa shape index (κ1) is 18.9. The van der Waals surface area contributed by atoms with Crippen LogP contribution in [0.5, 0.6) is 0 Å². The fourth-order valence-electron chi connectivity index (χ4n) is 1.92. The van der Waals surface area contributed by atoms with Crippen molar-refractivity contribution in [2.24, 2.45) is 5.73 Å². The van der Waals surface area contributed by atoms with Crippen molar-refractivity contribution in [3.63, 3.8) is 0 Å². The minimum absolute atomic E-state index is 0. The van der Waals surface area contributed by atoms with Gasteiger partial charge in [-0.25, -0.2) is 4.39 Å². The molecule has 0 aliphatic rings. The van der Waals surface area contributed by atoms with Crippen LogP contribution in [0.15, 0.2) is 24.3 Å². The highest BCUT2D eigenvalue weighted by molar-refractivity contribution is 5.85. The minimum Gasteiger partial charge on any atom is -0.337 e. The van der Waals surface area contributed by atoms with Gasteiger partial charge in [-0.1, -0.05) is 31.9 Å². The Bertz CT molecular complexity index is 395. The van der Waals surface area contributed by atoms with Crippen LogP contribution in [0.4, 0.5) is 4.39 Å². The maximum absolute atomic E-state index is 12.9. The zero-order chi connectivity index (χ0) is 14.3. The molecule has 0 spiro atoms. The van der Waals surface area contributed by atoms with Gasteiger partial charge < -0.3 is 10.6 Å². The highest BCUT2D eigenvalue weighted by Crippen LogP contribution is 2.09. The maximum Gasteiger partial charge on any atom is 0.239 e. The predicted octanol–water partition coefficient (Wildman–Crippen LogP) is 3.11. The smallest absolute Gasteiger partial charge is 0.239 e. The van der Waals surface area contributed by atoms with Crippen LogP contribution in [-0.4, -0.2) is 23.4 Å². The highest BCUT2D eigenvalue weighted by Gasteiger charge is 2.17. The Morgan fingerprint density at radius 2 is 1.90 bits per heavy atom. The van der Waals surface area contributed by atoms with Crippen LogP contribution in [0.3, 0.4) is 0 Å². The largest absolute Gasteiger partial charge is 0.337 e. The summed E-state index contributed by atoms with van der Waals surface area (Å²) in [6.07, 6.45) is 3.17. The van der Waals surface area contributed by atoms with Crippen LogP contribution < -0.4 is 5.73 Å². The number of carbonyl (C=O) groups is 1. The third-order valence-electron chi connectivity index (χ3n) is 3.02. The van der Waals surface area contributed by atoms with Crippen molar-refractivity contribution in [2.75, 3.05) is 6.54 Å². The number of halogens is 2. The summed E-state index contributed by atoms with van der Waals surface area (Å²) in [6, 6.07) is 5.74. The summed E-state index contributed by atoms with van der Waals surface area (Å²) >= 11 is 0. The molecule has 0 unspecified atom stereocenters. The van der Waals surface area contributed by atoms with Gasteiger partial charge in [0.25, 0.3) is 0 Å². The molecule has 1 rings (SSSR count). The molecule has 0 saturated carbocycles. The van der Waals surface area contributed by atoms with E-state index in [1.54, 1.807) is 24.0 Å². The van der Waals surface area contributed by atoms with E-state index in [1.165, 1.54) is 12.1 Å². The number of benzene rings is 1. The Hall–Kier alpha value is -1.13. The molecule has 0 aliphatic carbocycles. The first-order valence-corrected chi connectivity index (χ1v) is 6.83. The van der Waals surface area contributed by atoms with Gasteiger partial charge >= 0.3 is 0 Å². The van der Waals surface area contributed by atoms with E-state index >= 15 is 0 Å². The molecule has 0 fully saturated rings. The van der Waals surface area contributed by atoms with Crippen molar-refractivity contribution < 1.29 is 9.18 Å². The Morgan fingerprint density at radius 3 is 2.40 bits per heavy atom. The van der Waals surface area contributed by atoms with Crippen LogP contribution in [0.25, 0.3) is 0 Å². The number of rotatable bonds is 7. The molecule has 0 saturated heterocycles. The molecule has 1 aromatic rings. The van der Waals surface area contributed by atoms with Gasteiger partial charge in [0.2, 0.25) is 5.91 Å². The summed E-state index contributed by atoms with van der Waals surface area (Å²) in [5.74, 6) is -0.319. The molecule has 3 nitrogen and oxygen atoms in total. The van der Waals surface area contributed by atoms with Crippen molar-refractivity contribution in [2.45, 2.75) is 45.7 Å². The average molecular weight is 303 g/mol. The van der Waals surface area contributed by atoms with E-state index in [0.717, 1.165) is 24.8 Å². The monoisotopic (exact) mass is 302 g/mol. The summed E-state index contributed by atoms with van der Waals surface area (Å²) in [4.78, 5) is 13.8. The molecule has 0 bridgehead atoms. The van der Waals surface area contributed by atoms with Gasteiger partial charge in [-0.05, 0) is 31.0 Å². The molecule has 1 aromatic carbocycles. The van der Waals surface area contributed by atoms with E-state index in [0.29, 0.717) is 13.1 Å². The first-order chi connectivity index (χ1) is 9.04. The normalized spacial score (nSPS) is 11.6. The third kappa shape index (κ3) is 6.35. The summed E-state index contributed by atoms with van der Waals surface area (Å²) in [5.41, 5.74) is 6.59. The third-order valence-corrected chi connectivity index (χ3v) is 3.02. The van der Waals surface area contributed by atoms with E-state index in [-0.39, 0.29) is 24.1 Å². The fraction of sp³-hybridized carbons (Fsp3) is 0.533. The zero-order valence-corrected chi connectivity index (χ0v) is 13.0. The number of unbranched alkanes of at least 4 members (excludes halogenated alkanes) is 2. The predicted molar refractivity (Wildman–Crippen MR) is 82.2 cm³/mol. The number of nitrogens with two attached hydrogens (primary N) is 1. The molecule has 0 radical (unpaired) electrons. The van der Waals surface area contributed by atoms with Gasteiger partial charge in [0, 0.05) is 13.1 Å². The molecule has 5 heteroatoms. The maximum atomic E-state index is 12.9. The SMILES string of the molecule is CCCCCN(Cc1ccc(F)cc1)C(=O)[C@H](C)N.Cl. The van der Waals surface area contributed by atoms with Gasteiger partial charge in [-0.2, -0.15) is 0 Å². The van der Waals surface area contributed by atoms with E-state index in [9.17, 15) is 9.18 Å². The number of hydrogen-bond acceptors (Lipinski definition) is 2. The molecule has 0 aromatic heterocycles. The van der Waals surface area contributed by atoms with Gasteiger partial charge in [0.1, 0.15) is 5.82 Å². The molecule has 0 aliphatic heterocycles. The average Bonchev–Trinajstić information content (AvgIpc) is 2.39. The Labute approximate surface area is 126 Å². The van der Waals surface area contributed by atoms with Gasteiger partial charge in [-0.15, -0.1) is 12.4 Å². The lowest BCUT2D eigenvalue weighted by atomic mass is 10.1. The quantitative estimate of drug-likeness (QED) is 0.787. The minimum atomic E-state index is -0.498. The Morgan fingerprint density at radius 1 is 1.30 bits per heavy atom. The van der Waals surface area contributed by atoms with Crippen molar-refractivity contribution in [1.29, 1.82) is 0 Å². The van der Waals surface area contributed by atoms with Crippen LogP contribution in [-0.2, 0) is 11.3 Å². The van der Waals surface area contributed by atoms with Crippen molar-refractivity contribution in [3.05, 3.63) is 35.6 Å². The lowest BCUT2D eigenvalue weighted by Crippen LogP contribution is -2.42. The summed E-state index contributed by atoms with van der Waals surface area (Å²) in [7, 11) is 0. The van der Waals surface area contributed by atoms with Crippen LogP contribution in [0.1, 0.15) is 38.7 Å². The lowest BCUT2D eigenvalue weighted by molar-refractivity contribution is -0.132. The molecular formula is C15H24ClFN2O. The number of hydrogen-bond donors (Lipinski definition) is 1. The van der Waals surface area contributed by atoms with E-state index in [4.69, 9.17) is 5.73 Å². The van der Waals surface area contributed by atoms with Gasteiger partial charge in [-0.3, -0.25) is 4.79 Å². The van der Waals surface area contributed by atoms with Crippen molar-refractivity contribution in [3.8, 4) is 0 Å². The molecule has 1 atom stereocenters. The topological polar surface area (TPSA) is 46.3 Å². The molecule has 114 valence electrons. The first-order valence-electron chi connectivity index (χ1n) is 6.83. The standard InChI is InChI=1S/C15H23FN2O.ClH/c1-3-4-5-10-18(15(19)12(2)17)11-13-6-8-14(16)9-7-13;/h6-9,12H,3-5,10-11,17H2,1-2H3;1H/t12-;/m0./s1. The summed E-state index contributed by atoms with van der Waals surface area (Å²) in [6.45, 7) is 5.01. The second-order valence-corrected chi connectivity index (χ2v) is 4.88. The number of carbonyl (C=O) groups excluding carboxylic acids is 1. The zero-order valence-electron chi connectivity index (χ0n) is 12.1. The second kappa shape index (κ2) is 9.72. The lowest BCUT2D eigenvalue weighted by Gasteiger charge is -2.24. The molecular weight excluding hydrogens is 279 g/mol. The molecule has 20 heavy (non-hydrogen) atoms. The summed E-state index contributed by atoms with van der Waals surface area (Å²) in [5, 5.41) is 0. The van der Waals surface area contributed by atoms with Crippen LogP contribution >= 0.6 is 12.4 Å². The fourth-order valence-corrected chi connectivity index (χ4v) is 1.92.